The lowest BCUT2D eigenvalue weighted by atomic mass is 10.3. The van der Waals surface area contributed by atoms with Crippen LogP contribution in [0.15, 0.2) is 23.4 Å². The molecule has 0 fully saturated rings. The summed E-state index contributed by atoms with van der Waals surface area (Å²) in [4.78, 5) is 30.2. The van der Waals surface area contributed by atoms with Crippen LogP contribution in [0.1, 0.15) is 6.92 Å². The Kier molecular flexibility index (Phi) is 4.51. The zero-order valence-corrected chi connectivity index (χ0v) is 12.4. The van der Waals surface area contributed by atoms with E-state index in [-0.39, 0.29) is 5.91 Å². The van der Waals surface area contributed by atoms with Crippen molar-refractivity contribution >= 4 is 46.3 Å². The number of urea groups is 1. The number of thioether (sulfide) groups is 1. The number of hydrogen-bond acceptors (Lipinski definition) is 4. The van der Waals surface area contributed by atoms with Gasteiger partial charge in [-0.05, 0) is 25.1 Å². The molecule has 0 aliphatic carbocycles. The van der Waals surface area contributed by atoms with Crippen LogP contribution in [0.4, 0.5) is 4.79 Å². The van der Waals surface area contributed by atoms with E-state index in [0.717, 1.165) is 11.0 Å². The molecule has 2 rings (SSSR count). The first-order valence-corrected chi connectivity index (χ1v) is 7.10. The van der Waals surface area contributed by atoms with Crippen molar-refractivity contribution in [3.8, 4) is 0 Å². The SMILES string of the molecule is CNC(=O)NC(=O)C(C)Sc1nc2ccc(Cl)cc2[nH]1. The second-order valence-corrected chi connectivity index (χ2v) is 5.80. The van der Waals surface area contributed by atoms with Crippen molar-refractivity contribution < 1.29 is 9.59 Å². The molecule has 1 atom stereocenters. The minimum absolute atomic E-state index is 0.382. The van der Waals surface area contributed by atoms with Gasteiger partial charge in [0, 0.05) is 12.1 Å². The molecule has 3 N–H and O–H groups in total. The number of fused-ring (bicyclic) bond motifs is 1. The minimum atomic E-state index is -0.529. The van der Waals surface area contributed by atoms with E-state index >= 15 is 0 Å². The van der Waals surface area contributed by atoms with Gasteiger partial charge in [-0.15, -0.1) is 0 Å². The number of nitrogens with one attached hydrogen (secondary N) is 3. The fraction of sp³-hybridized carbons (Fsp3) is 0.250. The van der Waals surface area contributed by atoms with Crippen molar-refractivity contribution in [1.82, 2.24) is 20.6 Å². The lowest BCUT2D eigenvalue weighted by Crippen LogP contribution is -2.41. The van der Waals surface area contributed by atoms with Crippen molar-refractivity contribution in [2.75, 3.05) is 7.05 Å². The number of H-pyrrole nitrogens is 1. The number of carbonyl (C=O) groups excluding carboxylic acids is 2. The fourth-order valence-corrected chi connectivity index (χ4v) is 2.50. The number of hydrogen-bond donors (Lipinski definition) is 3. The van der Waals surface area contributed by atoms with Gasteiger partial charge in [-0.25, -0.2) is 9.78 Å². The quantitative estimate of drug-likeness (QED) is 0.758. The maximum atomic E-state index is 11.7. The van der Waals surface area contributed by atoms with E-state index in [1.807, 2.05) is 0 Å². The van der Waals surface area contributed by atoms with E-state index in [2.05, 4.69) is 20.6 Å². The highest BCUT2D eigenvalue weighted by atomic mass is 35.5. The predicted octanol–water partition coefficient (Wildman–Crippen LogP) is 2.15. The third-order valence-electron chi connectivity index (χ3n) is 2.54. The smallest absolute Gasteiger partial charge is 0.321 e. The summed E-state index contributed by atoms with van der Waals surface area (Å²) in [6, 6.07) is 4.79. The van der Waals surface area contributed by atoms with Gasteiger partial charge in [-0.3, -0.25) is 10.1 Å². The first-order chi connectivity index (χ1) is 9.49. The predicted molar refractivity (Wildman–Crippen MR) is 79.0 cm³/mol. The molecule has 0 bridgehead atoms. The number of carbonyl (C=O) groups is 2. The molecule has 1 aromatic heterocycles. The van der Waals surface area contributed by atoms with Gasteiger partial charge in [-0.1, -0.05) is 23.4 Å². The van der Waals surface area contributed by atoms with Crippen molar-refractivity contribution in [3.05, 3.63) is 23.2 Å². The molecule has 0 saturated heterocycles. The Morgan fingerprint density at radius 1 is 1.45 bits per heavy atom. The molecule has 0 saturated carbocycles. The molecule has 106 valence electrons. The van der Waals surface area contributed by atoms with E-state index in [1.54, 1.807) is 25.1 Å². The van der Waals surface area contributed by atoms with Crippen LogP contribution in [0.25, 0.3) is 11.0 Å². The molecule has 0 aliphatic rings. The Morgan fingerprint density at radius 2 is 2.20 bits per heavy atom. The maximum absolute atomic E-state index is 11.7. The monoisotopic (exact) mass is 312 g/mol. The van der Waals surface area contributed by atoms with Gasteiger partial charge in [-0.2, -0.15) is 0 Å². The van der Waals surface area contributed by atoms with Gasteiger partial charge in [0.25, 0.3) is 0 Å². The molecule has 3 amide bonds. The number of nitrogens with zero attached hydrogens (tertiary/aromatic N) is 1. The van der Waals surface area contributed by atoms with Crippen molar-refractivity contribution in [1.29, 1.82) is 0 Å². The first-order valence-electron chi connectivity index (χ1n) is 5.84. The van der Waals surface area contributed by atoms with Gasteiger partial charge < -0.3 is 10.3 Å². The molecule has 0 aliphatic heterocycles. The van der Waals surface area contributed by atoms with Gasteiger partial charge in [0.2, 0.25) is 5.91 Å². The largest absolute Gasteiger partial charge is 0.341 e. The van der Waals surface area contributed by atoms with E-state index in [9.17, 15) is 9.59 Å². The van der Waals surface area contributed by atoms with E-state index < -0.39 is 11.3 Å². The van der Waals surface area contributed by atoms with Gasteiger partial charge in [0.1, 0.15) is 0 Å². The third-order valence-corrected chi connectivity index (χ3v) is 3.76. The summed E-state index contributed by atoms with van der Waals surface area (Å²) >= 11 is 7.13. The highest BCUT2D eigenvalue weighted by Crippen LogP contribution is 2.25. The van der Waals surface area contributed by atoms with Crippen LogP contribution < -0.4 is 10.6 Å². The molecule has 1 unspecified atom stereocenters. The Balaban J connectivity index is 2.07. The van der Waals surface area contributed by atoms with E-state index in [4.69, 9.17) is 11.6 Å². The summed E-state index contributed by atoms with van der Waals surface area (Å²) in [6.07, 6.45) is 0. The van der Waals surface area contributed by atoms with Gasteiger partial charge in [0.15, 0.2) is 5.16 Å². The summed E-state index contributed by atoms with van der Waals surface area (Å²) in [5.74, 6) is -0.382. The zero-order valence-electron chi connectivity index (χ0n) is 10.9. The lowest BCUT2D eigenvalue weighted by Gasteiger charge is -2.08. The standard InChI is InChI=1S/C12H13ClN4O2S/c1-6(10(18)17-11(19)14-2)20-12-15-8-4-3-7(13)5-9(8)16-12/h3-6H,1-2H3,(H,15,16)(H2,14,17,18,19). The van der Waals surface area contributed by atoms with Crippen LogP contribution in [0, 0.1) is 0 Å². The summed E-state index contributed by atoms with van der Waals surface area (Å²) in [5, 5.41) is 5.30. The Morgan fingerprint density at radius 3 is 2.90 bits per heavy atom. The zero-order chi connectivity index (χ0) is 14.7. The van der Waals surface area contributed by atoms with Crippen LogP contribution in [-0.2, 0) is 4.79 Å². The van der Waals surface area contributed by atoms with Crippen molar-refractivity contribution in [2.45, 2.75) is 17.3 Å². The molecule has 8 heteroatoms. The second kappa shape index (κ2) is 6.15. The van der Waals surface area contributed by atoms with Gasteiger partial charge in [0.05, 0.1) is 16.3 Å². The summed E-state index contributed by atoms with van der Waals surface area (Å²) in [5.41, 5.74) is 1.58. The van der Waals surface area contributed by atoms with E-state index in [0.29, 0.717) is 10.2 Å². The average Bonchev–Trinajstić information content (AvgIpc) is 2.79. The molecular weight excluding hydrogens is 300 g/mol. The number of aromatic amines is 1. The Bertz CT molecular complexity index is 658. The fourth-order valence-electron chi connectivity index (χ4n) is 1.51. The highest BCUT2D eigenvalue weighted by molar-refractivity contribution is 8.00. The van der Waals surface area contributed by atoms with Crippen molar-refractivity contribution in [3.63, 3.8) is 0 Å². The maximum Gasteiger partial charge on any atom is 0.321 e. The molecule has 0 radical (unpaired) electrons. The first kappa shape index (κ1) is 14.7. The van der Waals surface area contributed by atoms with Crippen LogP contribution in [-0.4, -0.2) is 34.2 Å². The average molecular weight is 313 g/mol. The van der Waals surface area contributed by atoms with Crippen LogP contribution >= 0.6 is 23.4 Å². The number of imidazole rings is 1. The number of imide groups is 1. The minimum Gasteiger partial charge on any atom is -0.341 e. The normalized spacial score (nSPS) is 12.2. The van der Waals surface area contributed by atoms with Gasteiger partial charge >= 0.3 is 6.03 Å². The molecular formula is C12H13ClN4O2S. The molecule has 0 spiro atoms. The molecule has 2 aromatic rings. The summed E-state index contributed by atoms with van der Waals surface area (Å²) in [7, 11) is 1.45. The number of amides is 3. The van der Waals surface area contributed by atoms with Crippen LogP contribution in [0.3, 0.4) is 0 Å². The Labute approximate surface area is 124 Å². The number of aromatic nitrogens is 2. The van der Waals surface area contributed by atoms with E-state index in [1.165, 1.54) is 18.8 Å². The summed E-state index contributed by atoms with van der Waals surface area (Å²) < 4.78 is 0. The number of benzene rings is 1. The molecule has 1 aromatic carbocycles. The van der Waals surface area contributed by atoms with Crippen LogP contribution in [0.2, 0.25) is 5.02 Å². The lowest BCUT2D eigenvalue weighted by molar-refractivity contribution is -0.119. The highest BCUT2D eigenvalue weighted by Gasteiger charge is 2.18. The second-order valence-electron chi connectivity index (χ2n) is 4.03. The molecule has 6 nitrogen and oxygen atoms in total. The molecule has 20 heavy (non-hydrogen) atoms. The summed E-state index contributed by atoms with van der Waals surface area (Å²) in [6.45, 7) is 1.70. The topological polar surface area (TPSA) is 86.9 Å². The third kappa shape index (κ3) is 3.43. The number of rotatable bonds is 3. The molecule has 1 heterocycles. The van der Waals surface area contributed by atoms with Crippen LogP contribution in [0.5, 0.6) is 0 Å². The number of halogens is 1. The Hall–Kier alpha value is -1.73. The van der Waals surface area contributed by atoms with Crippen molar-refractivity contribution in [2.24, 2.45) is 0 Å².